The van der Waals surface area contributed by atoms with E-state index in [0.29, 0.717) is 0 Å². The van der Waals surface area contributed by atoms with Gasteiger partial charge in [-0.05, 0) is 31.0 Å². The average molecular weight is 263 g/mol. The molecule has 4 rings (SSSR count). The SMILES string of the molecule is Cc1ccc2c(c1C)C1=[N+](C)CCN1c1ccccc1-2. The Morgan fingerprint density at radius 1 is 1.00 bits per heavy atom. The van der Waals surface area contributed by atoms with Crippen LogP contribution in [0.3, 0.4) is 0 Å². The van der Waals surface area contributed by atoms with E-state index in [1.807, 2.05) is 0 Å². The summed E-state index contributed by atoms with van der Waals surface area (Å²) < 4.78 is 2.39. The van der Waals surface area contributed by atoms with Crippen molar-refractivity contribution >= 4 is 11.5 Å². The summed E-state index contributed by atoms with van der Waals surface area (Å²) in [5, 5.41) is 0. The quantitative estimate of drug-likeness (QED) is 0.662. The third kappa shape index (κ3) is 1.36. The number of anilines is 1. The Bertz CT molecular complexity index is 756. The van der Waals surface area contributed by atoms with Crippen molar-refractivity contribution in [2.45, 2.75) is 13.8 Å². The number of para-hydroxylation sites is 1. The number of amidine groups is 1. The van der Waals surface area contributed by atoms with Crippen LogP contribution in [0.15, 0.2) is 36.4 Å². The maximum Gasteiger partial charge on any atom is 0.285 e. The van der Waals surface area contributed by atoms with E-state index in [2.05, 4.69) is 66.8 Å². The Balaban J connectivity index is 2.15. The number of fused-ring (bicyclic) bond motifs is 6. The van der Waals surface area contributed by atoms with E-state index in [1.165, 1.54) is 39.3 Å². The van der Waals surface area contributed by atoms with Crippen LogP contribution in [0.25, 0.3) is 11.1 Å². The van der Waals surface area contributed by atoms with Gasteiger partial charge in [0.2, 0.25) is 0 Å². The Kier molecular flexibility index (Phi) is 2.31. The summed E-state index contributed by atoms with van der Waals surface area (Å²) in [5.74, 6) is 1.37. The van der Waals surface area contributed by atoms with Crippen LogP contribution >= 0.6 is 0 Å². The van der Waals surface area contributed by atoms with Gasteiger partial charge in [-0.2, -0.15) is 0 Å². The van der Waals surface area contributed by atoms with Gasteiger partial charge in [-0.25, -0.2) is 4.90 Å². The molecule has 2 aliphatic rings. The first kappa shape index (κ1) is 11.7. The molecule has 0 unspecified atom stereocenters. The fourth-order valence-corrected chi connectivity index (χ4v) is 3.49. The standard InChI is InChI=1S/C18H19N2/c1-12-8-9-15-14-6-4-5-7-16(14)20-11-10-19(3)18(20)17(15)13(12)2/h4-9H,10-11H2,1-3H3/q+1. The van der Waals surface area contributed by atoms with Crippen LogP contribution in [-0.2, 0) is 0 Å². The van der Waals surface area contributed by atoms with Gasteiger partial charge in [0.05, 0.1) is 12.6 Å². The first-order valence-electron chi connectivity index (χ1n) is 7.24. The molecule has 100 valence electrons. The second-order valence-electron chi connectivity index (χ2n) is 5.84. The Morgan fingerprint density at radius 2 is 1.80 bits per heavy atom. The lowest BCUT2D eigenvalue weighted by molar-refractivity contribution is -0.485. The number of likely N-dealkylation sites (N-methyl/N-ethyl adjacent to an activating group) is 1. The van der Waals surface area contributed by atoms with Gasteiger partial charge in [0.25, 0.3) is 5.84 Å². The van der Waals surface area contributed by atoms with Crippen LogP contribution in [-0.4, -0.2) is 30.5 Å². The molecule has 2 aromatic rings. The van der Waals surface area contributed by atoms with E-state index in [4.69, 9.17) is 0 Å². The van der Waals surface area contributed by atoms with Gasteiger partial charge in [-0.1, -0.05) is 30.3 Å². The monoisotopic (exact) mass is 263 g/mol. The molecule has 0 N–H and O–H groups in total. The maximum absolute atomic E-state index is 2.48. The van der Waals surface area contributed by atoms with Crippen LogP contribution < -0.4 is 4.90 Å². The van der Waals surface area contributed by atoms with Gasteiger partial charge in [-0.15, -0.1) is 0 Å². The largest absolute Gasteiger partial charge is 0.285 e. The molecule has 2 nitrogen and oxygen atoms in total. The van der Waals surface area contributed by atoms with Crippen molar-refractivity contribution in [2.24, 2.45) is 0 Å². The molecular weight excluding hydrogens is 244 g/mol. The van der Waals surface area contributed by atoms with Crippen molar-refractivity contribution in [3.63, 3.8) is 0 Å². The first-order valence-corrected chi connectivity index (χ1v) is 7.24. The fraction of sp³-hybridized carbons (Fsp3) is 0.278. The van der Waals surface area contributed by atoms with E-state index in [9.17, 15) is 0 Å². The second kappa shape index (κ2) is 3.95. The van der Waals surface area contributed by atoms with Crippen molar-refractivity contribution in [1.29, 1.82) is 0 Å². The number of aryl methyl sites for hydroxylation is 1. The average Bonchev–Trinajstić information content (AvgIpc) is 2.85. The summed E-state index contributed by atoms with van der Waals surface area (Å²) in [5.41, 5.74) is 8.29. The summed E-state index contributed by atoms with van der Waals surface area (Å²) in [6.07, 6.45) is 0. The lowest BCUT2D eigenvalue weighted by atomic mass is 9.88. The molecular formula is C18H19N2+. The van der Waals surface area contributed by atoms with E-state index in [0.717, 1.165) is 13.1 Å². The summed E-state index contributed by atoms with van der Waals surface area (Å²) in [6, 6.07) is 13.3. The second-order valence-corrected chi connectivity index (χ2v) is 5.84. The summed E-state index contributed by atoms with van der Waals surface area (Å²) >= 11 is 0. The number of hydrogen-bond acceptors (Lipinski definition) is 1. The lowest BCUT2D eigenvalue weighted by Crippen LogP contribution is -2.34. The molecule has 2 heterocycles. The van der Waals surface area contributed by atoms with Crippen LogP contribution in [0, 0.1) is 13.8 Å². The number of benzene rings is 2. The van der Waals surface area contributed by atoms with E-state index >= 15 is 0 Å². The molecule has 0 saturated carbocycles. The highest BCUT2D eigenvalue weighted by molar-refractivity contribution is 6.18. The molecule has 0 bridgehead atoms. The molecule has 20 heavy (non-hydrogen) atoms. The van der Waals surface area contributed by atoms with Crippen LogP contribution in [0.5, 0.6) is 0 Å². The highest BCUT2D eigenvalue weighted by Crippen LogP contribution is 2.41. The predicted molar refractivity (Wildman–Crippen MR) is 83.9 cm³/mol. The summed E-state index contributed by atoms with van der Waals surface area (Å²) in [7, 11) is 2.20. The summed E-state index contributed by atoms with van der Waals surface area (Å²) in [6.45, 7) is 6.63. The lowest BCUT2D eigenvalue weighted by Gasteiger charge is -2.26. The zero-order valence-corrected chi connectivity index (χ0v) is 12.3. The number of rotatable bonds is 0. The molecule has 0 fully saturated rings. The highest BCUT2D eigenvalue weighted by Gasteiger charge is 2.40. The zero-order chi connectivity index (χ0) is 13.9. The molecule has 0 amide bonds. The van der Waals surface area contributed by atoms with E-state index in [-0.39, 0.29) is 0 Å². The highest BCUT2D eigenvalue weighted by atomic mass is 15.3. The van der Waals surface area contributed by atoms with E-state index in [1.54, 1.807) is 0 Å². The van der Waals surface area contributed by atoms with Gasteiger partial charge in [0, 0.05) is 11.1 Å². The molecule has 0 spiro atoms. The minimum Gasteiger partial charge on any atom is -0.260 e. The van der Waals surface area contributed by atoms with Crippen LogP contribution in [0.1, 0.15) is 16.7 Å². The zero-order valence-electron chi connectivity index (χ0n) is 12.3. The van der Waals surface area contributed by atoms with Crippen LogP contribution in [0.2, 0.25) is 0 Å². The molecule has 0 radical (unpaired) electrons. The van der Waals surface area contributed by atoms with Gasteiger partial charge in [0.15, 0.2) is 0 Å². The fourth-order valence-electron chi connectivity index (χ4n) is 3.49. The summed E-state index contributed by atoms with van der Waals surface area (Å²) in [4.78, 5) is 2.48. The molecule has 2 heteroatoms. The van der Waals surface area contributed by atoms with Crippen molar-refractivity contribution in [3.05, 3.63) is 53.1 Å². The van der Waals surface area contributed by atoms with Crippen molar-refractivity contribution in [3.8, 4) is 11.1 Å². The maximum atomic E-state index is 2.48. The predicted octanol–water partition coefficient (Wildman–Crippen LogP) is 3.19. The minimum atomic E-state index is 1.08. The smallest absolute Gasteiger partial charge is 0.260 e. The van der Waals surface area contributed by atoms with E-state index < -0.39 is 0 Å². The Labute approximate surface area is 120 Å². The van der Waals surface area contributed by atoms with Gasteiger partial charge in [-0.3, -0.25) is 4.58 Å². The third-order valence-electron chi connectivity index (χ3n) is 4.72. The van der Waals surface area contributed by atoms with Gasteiger partial charge < -0.3 is 0 Å². The molecule has 0 aromatic heterocycles. The van der Waals surface area contributed by atoms with Crippen molar-refractivity contribution < 1.29 is 4.58 Å². The third-order valence-corrected chi connectivity index (χ3v) is 4.72. The van der Waals surface area contributed by atoms with Crippen molar-refractivity contribution in [1.82, 2.24) is 0 Å². The first-order chi connectivity index (χ1) is 9.68. The van der Waals surface area contributed by atoms with Crippen LogP contribution in [0.4, 0.5) is 5.69 Å². The number of nitrogens with zero attached hydrogens (tertiary/aromatic N) is 2. The normalized spacial score (nSPS) is 16.1. The molecule has 0 atom stereocenters. The molecule has 2 aromatic carbocycles. The molecule has 0 aliphatic carbocycles. The number of hydrogen-bond donors (Lipinski definition) is 0. The molecule has 2 aliphatic heterocycles. The van der Waals surface area contributed by atoms with Gasteiger partial charge in [0.1, 0.15) is 18.8 Å². The topological polar surface area (TPSA) is 6.25 Å². The minimum absolute atomic E-state index is 1.08. The van der Waals surface area contributed by atoms with Crippen molar-refractivity contribution in [2.75, 3.05) is 25.0 Å². The Hall–Kier alpha value is -2.09. The molecule has 0 saturated heterocycles. The van der Waals surface area contributed by atoms with Gasteiger partial charge >= 0.3 is 0 Å². The Morgan fingerprint density at radius 3 is 2.65 bits per heavy atom.